The maximum Gasteiger partial charge on any atom is 0.345 e. The van der Waals surface area contributed by atoms with E-state index >= 15 is 0 Å². The highest BCUT2D eigenvalue weighted by molar-refractivity contribution is 9.10. The monoisotopic (exact) mass is 395 g/mol. The minimum atomic E-state index is -3.82. The van der Waals surface area contributed by atoms with Crippen molar-refractivity contribution in [2.45, 2.75) is 4.21 Å². The number of anilines is 1. The fourth-order valence-corrected chi connectivity index (χ4v) is 3.97. The van der Waals surface area contributed by atoms with Crippen LogP contribution in [0.2, 0.25) is 5.02 Å². The lowest BCUT2D eigenvalue weighted by Gasteiger charge is -2.07. The third-order valence-electron chi connectivity index (χ3n) is 2.23. The molecule has 1 aromatic heterocycles. The molecule has 2 N–H and O–H groups in total. The van der Waals surface area contributed by atoms with E-state index in [0.29, 0.717) is 26.5 Å². The Hall–Kier alpha value is -1.09. The zero-order valence-corrected chi connectivity index (χ0v) is 13.6. The number of carbonyl (C=O) groups is 1. The van der Waals surface area contributed by atoms with E-state index in [1.165, 1.54) is 18.2 Å². The van der Waals surface area contributed by atoms with Crippen molar-refractivity contribution in [1.82, 2.24) is 0 Å². The lowest BCUT2D eigenvalue weighted by Crippen LogP contribution is -2.11. The van der Waals surface area contributed by atoms with Gasteiger partial charge in [0.2, 0.25) is 0 Å². The van der Waals surface area contributed by atoms with Gasteiger partial charge in [-0.2, -0.15) is 0 Å². The summed E-state index contributed by atoms with van der Waals surface area (Å²) in [7, 11) is -3.82. The zero-order chi connectivity index (χ0) is 14.9. The average molecular weight is 397 g/mol. The molecule has 5 nitrogen and oxygen atoms in total. The van der Waals surface area contributed by atoms with Crippen LogP contribution in [-0.4, -0.2) is 19.5 Å². The summed E-state index contributed by atoms with van der Waals surface area (Å²) >= 11 is 9.76. The molecular weight excluding hydrogens is 390 g/mol. The summed E-state index contributed by atoms with van der Waals surface area (Å²) in [6.45, 7) is 0. The van der Waals surface area contributed by atoms with Gasteiger partial charge in [0.1, 0.15) is 9.09 Å². The van der Waals surface area contributed by atoms with Gasteiger partial charge in [0.05, 0.1) is 10.7 Å². The van der Waals surface area contributed by atoms with Crippen LogP contribution in [0.25, 0.3) is 0 Å². The van der Waals surface area contributed by atoms with Gasteiger partial charge in [-0.05, 0) is 46.3 Å². The number of carboxylic acids is 1. The molecule has 2 rings (SSSR count). The van der Waals surface area contributed by atoms with E-state index in [4.69, 9.17) is 16.7 Å². The first-order valence-corrected chi connectivity index (χ1v) is 8.57. The van der Waals surface area contributed by atoms with E-state index in [1.807, 2.05) is 0 Å². The normalized spacial score (nSPS) is 11.3. The highest BCUT2D eigenvalue weighted by Gasteiger charge is 2.19. The Labute approximate surface area is 132 Å². The van der Waals surface area contributed by atoms with Gasteiger partial charge in [0.25, 0.3) is 10.0 Å². The average Bonchev–Trinajstić information content (AvgIpc) is 2.84. The Morgan fingerprint density at radius 2 is 2.00 bits per heavy atom. The first kappa shape index (κ1) is 15.3. The molecule has 20 heavy (non-hydrogen) atoms. The highest BCUT2D eigenvalue weighted by Crippen LogP contribution is 2.28. The number of sulfonamides is 1. The molecule has 0 aliphatic carbocycles. The molecule has 1 heterocycles. The second-order valence-electron chi connectivity index (χ2n) is 3.66. The van der Waals surface area contributed by atoms with Gasteiger partial charge in [0.15, 0.2) is 0 Å². The van der Waals surface area contributed by atoms with Crippen LogP contribution in [0.1, 0.15) is 9.67 Å². The van der Waals surface area contributed by atoms with Crippen LogP contribution in [0.15, 0.2) is 39.0 Å². The highest BCUT2D eigenvalue weighted by atomic mass is 79.9. The number of halogens is 2. The van der Waals surface area contributed by atoms with E-state index in [9.17, 15) is 13.2 Å². The molecule has 0 amide bonds. The van der Waals surface area contributed by atoms with Crippen LogP contribution in [0.3, 0.4) is 0 Å². The summed E-state index contributed by atoms with van der Waals surface area (Å²) in [6.07, 6.45) is 0. The molecule has 1 aromatic carbocycles. The molecule has 0 aliphatic heterocycles. The number of thiophene rings is 1. The summed E-state index contributed by atoms with van der Waals surface area (Å²) in [5, 5.41) is 9.16. The Kier molecular flexibility index (Phi) is 4.38. The van der Waals surface area contributed by atoms with Crippen LogP contribution in [0.5, 0.6) is 0 Å². The van der Waals surface area contributed by atoms with E-state index in [-0.39, 0.29) is 9.09 Å². The SMILES string of the molecule is O=C(O)c1ccc(S(=O)(=O)Nc2ccc(Br)c(Cl)c2)s1. The largest absolute Gasteiger partial charge is 0.477 e. The molecule has 9 heteroatoms. The molecule has 0 spiro atoms. The Morgan fingerprint density at radius 1 is 1.30 bits per heavy atom. The summed E-state index contributed by atoms with van der Waals surface area (Å²) in [4.78, 5) is 10.7. The maximum atomic E-state index is 12.1. The molecule has 0 aliphatic rings. The summed E-state index contributed by atoms with van der Waals surface area (Å²) in [5.41, 5.74) is 0.295. The lowest BCUT2D eigenvalue weighted by atomic mass is 10.3. The smallest absolute Gasteiger partial charge is 0.345 e. The van der Waals surface area contributed by atoms with Crippen LogP contribution >= 0.6 is 38.9 Å². The molecule has 0 radical (unpaired) electrons. The fourth-order valence-electron chi connectivity index (χ4n) is 1.34. The van der Waals surface area contributed by atoms with E-state index in [1.54, 1.807) is 12.1 Å². The van der Waals surface area contributed by atoms with Gasteiger partial charge >= 0.3 is 5.97 Å². The Morgan fingerprint density at radius 3 is 2.55 bits per heavy atom. The van der Waals surface area contributed by atoms with Gasteiger partial charge in [-0.3, -0.25) is 4.72 Å². The summed E-state index contributed by atoms with van der Waals surface area (Å²) in [5.74, 6) is -1.16. The topological polar surface area (TPSA) is 83.5 Å². The third-order valence-corrected chi connectivity index (χ3v) is 6.41. The molecule has 0 atom stereocenters. The van der Waals surface area contributed by atoms with E-state index in [0.717, 1.165) is 0 Å². The van der Waals surface area contributed by atoms with Crippen LogP contribution in [0.4, 0.5) is 5.69 Å². The number of hydrogen-bond acceptors (Lipinski definition) is 4. The molecule has 0 bridgehead atoms. The maximum absolute atomic E-state index is 12.1. The first-order chi connectivity index (χ1) is 9.29. The number of rotatable bonds is 4. The third kappa shape index (κ3) is 3.32. The standard InChI is InChI=1S/C11H7BrClNO4S2/c12-7-2-1-6(5-8(7)13)14-20(17,18)10-4-3-9(19-10)11(15)16/h1-5,14H,(H,15,16). The number of benzene rings is 1. The zero-order valence-electron chi connectivity index (χ0n) is 9.63. The second kappa shape index (κ2) is 5.72. The van der Waals surface area contributed by atoms with Gasteiger partial charge < -0.3 is 5.11 Å². The van der Waals surface area contributed by atoms with E-state index < -0.39 is 16.0 Å². The van der Waals surface area contributed by atoms with Gasteiger partial charge in [-0.1, -0.05) is 11.6 Å². The predicted molar refractivity (Wildman–Crippen MR) is 81.2 cm³/mol. The number of aromatic carboxylic acids is 1. The number of carboxylic acid groups (broad SMARTS) is 1. The first-order valence-electron chi connectivity index (χ1n) is 5.10. The van der Waals surface area contributed by atoms with Crippen molar-refractivity contribution >= 4 is 60.5 Å². The van der Waals surface area contributed by atoms with Crippen molar-refractivity contribution in [2.24, 2.45) is 0 Å². The second-order valence-corrected chi connectivity index (χ2v) is 7.91. The van der Waals surface area contributed by atoms with Crippen molar-refractivity contribution in [3.8, 4) is 0 Å². The van der Waals surface area contributed by atoms with Gasteiger partial charge in [-0.25, -0.2) is 13.2 Å². The van der Waals surface area contributed by atoms with E-state index in [2.05, 4.69) is 20.7 Å². The Balaban J connectivity index is 2.30. The molecule has 0 saturated heterocycles. The number of hydrogen-bond donors (Lipinski definition) is 2. The van der Waals surface area contributed by atoms with Gasteiger partial charge in [-0.15, -0.1) is 11.3 Å². The fraction of sp³-hybridized carbons (Fsp3) is 0. The molecule has 0 unspecified atom stereocenters. The van der Waals surface area contributed by atoms with Crippen molar-refractivity contribution in [2.75, 3.05) is 4.72 Å². The van der Waals surface area contributed by atoms with Gasteiger partial charge in [0, 0.05) is 4.47 Å². The van der Waals surface area contributed by atoms with Crippen molar-refractivity contribution in [1.29, 1.82) is 0 Å². The van der Waals surface area contributed by atoms with Crippen LogP contribution < -0.4 is 4.72 Å². The molecule has 0 saturated carbocycles. The summed E-state index contributed by atoms with van der Waals surface area (Å²) in [6, 6.07) is 7.10. The Bertz CT molecular complexity index is 772. The van der Waals surface area contributed by atoms with Crippen molar-refractivity contribution in [3.05, 3.63) is 44.7 Å². The van der Waals surface area contributed by atoms with Crippen LogP contribution in [0, 0.1) is 0 Å². The minimum Gasteiger partial charge on any atom is -0.477 e. The van der Waals surface area contributed by atoms with Crippen LogP contribution in [-0.2, 0) is 10.0 Å². The number of nitrogens with one attached hydrogen (secondary N) is 1. The molecule has 0 fully saturated rings. The molecular formula is C11H7BrClNO4S2. The quantitative estimate of drug-likeness (QED) is 0.826. The lowest BCUT2D eigenvalue weighted by molar-refractivity contribution is 0.0702. The minimum absolute atomic E-state index is 0.0424. The van der Waals surface area contributed by atoms with Crippen molar-refractivity contribution < 1.29 is 18.3 Å². The molecule has 2 aromatic rings. The van der Waals surface area contributed by atoms with Crippen molar-refractivity contribution in [3.63, 3.8) is 0 Å². The predicted octanol–water partition coefficient (Wildman–Crippen LogP) is 3.66. The summed E-state index contributed by atoms with van der Waals surface area (Å²) < 4.78 is 27.1. The molecule has 106 valence electrons.